The third-order valence-electron chi connectivity index (χ3n) is 3.79. The molecular formula is C16H20O4. The van der Waals surface area contributed by atoms with Gasteiger partial charge in [0, 0.05) is 0 Å². The largest absolute Gasteiger partial charge is 0.480 e. The molecule has 1 aliphatic carbocycles. The fraction of sp³-hybridized carbons (Fsp3) is 0.500. The predicted octanol–water partition coefficient (Wildman–Crippen LogP) is 2.68. The molecule has 1 aromatic carbocycles. The Bertz CT molecular complexity index is 519. The highest BCUT2D eigenvalue weighted by Gasteiger charge is 2.52. The van der Waals surface area contributed by atoms with Gasteiger partial charge < -0.3 is 9.84 Å². The highest BCUT2D eigenvalue weighted by molar-refractivity contribution is 6.05. The number of benzene rings is 1. The monoisotopic (exact) mass is 276 g/mol. The van der Waals surface area contributed by atoms with Crippen molar-refractivity contribution in [2.45, 2.75) is 38.5 Å². The zero-order chi connectivity index (χ0) is 14.8. The summed E-state index contributed by atoms with van der Waals surface area (Å²) in [4.78, 5) is 24.3. The molecule has 20 heavy (non-hydrogen) atoms. The van der Waals surface area contributed by atoms with E-state index in [9.17, 15) is 14.7 Å². The average molecular weight is 276 g/mol. The van der Waals surface area contributed by atoms with E-state index in [1.165, 1.54) is 0 Å². The Labute approximate surface area is 118 Å². The van der Waals surface area contributed by atoms with E-state index in [1.807, 2.05) is 13.0 Å². The van der Waals surface area contributed by atoms with Crippen LogP contribution in [0.2, 0.25) is 0 Å². The van der Waals surface area contributed by atoms with Gasteiger partial charge in [0.2, 0.25) is 0 Å². The van der Waals surface area contributed by atoms with E-state index in [0.29, 0.717) is 17.9 Å². The van der Waals surface area contributed by atoms with Crippen molar-refractivity contribution in [2.75, 3.05) is 6.61 Å². The van der Waals surface area contributed by atoms with Crippen molar-refractivity contribution in [3.05, 3.63) is 35.4 Å². The second kappa shape index (κ2) is 5.65. The first-order valence-electron chi connectivity index (χ1n) is 6.98. The van der Waals surface area contributed by atoms with Crippen LogP contribution in [0.3, 0.4) is 0 Å². The molecule has 4 heteroatoms. The van der Waals surface area contributed by atoms with Crippen molar-refractivity contribution in [2.24, 2.45) is 5.92 Å². The summed E-state index contributed by atoms with van der Waals surface area (Å²) in [5.41, 5.74) is -0.105. The number of esters is 1. The van der Waals surface area contributed by atoms with Crippen LogP contribution in [0.1, 0.15) is 37.3 Å². The van der Waals surface area contributed by atoms with Crippen molar-refractivity contribution in [3.63, 3.8) is 0 Å². The molecule has 0 heterocycles. The normalized spacial score (nSPS) is 17.3. The van der Waals surface area contributed by atoms with Gasteiger partial charge >= 0.3 is 11.9 Å². The molecule has 2 rings (SSSR count). The highest BCUT2D eigenvalue weighted by atomic mass is 16.5. The lowest BCUT2D eigenvalue weighted by Gasteiger charge is -2.28. The Morgan fingerprint density at radius 3 is 2.60 bits per heavy atom. The number of carbonyl (C=O) groups excluding carboxylic acids is 1. The smallest absolute Gasteiger partial charge is 0.328 e. The topological polar surface area (TPSA) is 63.6 Å². The fourth-order valence-corrected chi connectivity index (χ4v) is 2.54. The van der Waals surface area contributed by atoms with Gasteiger partial charge in [-0.25, -0.2) is 0 Å². The molecule has 0 spiro atoms. The Morgan fingerprint density at radius 2 is 2.10 bits per heavy atom. The van der Waals surface area contributed by atoms with Crippen LogP contribution in [0, 0.1) is 12.8 Å². The number of carboxylic acids is 1. The van der Waals surface area contributed by atoms with Gasteiger partial charge in [0.1, 0.15) is 0 Å². The maximum absolute atomic E-state index is 12.4. The van der Waals surface area contributed by atoms with Gasteiger partial charge in [-0.15, -0.1) is 0 Å². The molecule has 1 unspecified atom stereocenters. The number of aryl methyl sites for hydroxylation is 1. The molecule has 1 N–H and O–H groups in total. The predicted molar refractivity (Wildman–Crippen MR) is 74.5 cm³/mol. The Kier molecular flexibility index (Phi) is 4.12. The Balaban J connectivity index is 2.49. The molecule has 0 radical (unpaired) electrons. The van der Waals surface area contributed by atoms with E-state index >= 15 is 0 Å². The molecule has 1 aliphatic rings. The maximum Gasteiger partial charge on any atom is 0.328 e. The molecule has 4 nitrogen and oxygen atoms in total. The van der Waals surface area contributed by atoms with Crippen molar-refractivity contribution >= 4 is 11.9 Å². The van der Waals surface area contributed by atoms with E-state index < -0.39 is 17.4 Å². The molecule has 0 amide bonds. The molecule has 0 aromatic heterocycles. The van der Waals surface area contributed by atoms with Crippen LogP contribution in [0.15, 0.2) is 24.3 Å². The standard InChI is InChI=1S/C16H20O4/c1-3-20-15(19)16(14(17)18,10-12-7-8-12)13-6-4-5-11(2)9-13/h4-6,9,12H,3,7-8,10H2,1-2H3,(H,17,18). The number of aliphatic carboxylic acids is 1. The summed E-state index contributed by atoms with van der Waals surface area (Å²) < 4.78 is 5.07. The zero-order valence-corrected chi connectivity index (χ0v) is 11.9. The van der Waals surface area contributed by atoms with Crippen LogP contribution in [0.5, 0.6) is 0 Å². The summed E-state index contributed by atoms with van der Waals surface area (Å²) in [7, 11) is 0. The van der Waals surface area contributed by atoms with E-state index in [1.54, 1.807) is 25.1 Å². The molecule has 0 aliphatic heterocycles. The first-order valence-corrected chi connectivity index (χ1v) is 6.98. The number of hydrogen-bond acceptors (Lipinski definition) is 3. The fourth-order valence-electron chi connectivity index (χ4n) is 2.54. The Hall–Kier alpha value is -1.84. The van der Waals surface area contributed by atoms with Gasteiger partial charge in [0.25, 0.3) is 0 Å². The van der Waals surface area contributed by atoms with Gasteiger partial charge in [-0.1, -0.05) is 42.7 Å². The maximum atomic E-state index is 12.4. The lowest BCUT2D eigenvalue weighted by Crippen LogP contribution is -2.45. The van der Waals surface area contributed by atoms with Crippen LogP contribution in [-0.2, 0) is 19.7 Å². The average Bonchev–Trinajstić information content (AvgIpc) is 3.19. The Morgan fingerprint density at radius 1 is 1.40 bits per heavy atom. The van der Waals surface area contributed by atoms with Crippen LogP contribution in [0.25, 0.3) is 0 Å². The highest BCUT2D eigenvalue weighted by Crippen LogP contribution is 2.43. The summed E-state index contributed by atoms with van der Waals surface area (Å²) in [6.07, 6.45) is 2.30. The zero-order valence-electron chi connectivity index (χ0n) is 11.9. The lowest BCUT2D eigenvalue weighted by atomic mass is 9.75. The quantitative estimate of drug-likeness (QED) is 0.641. The summed E-state index contributed by atoms with van der Waals surface area (Å²) >= 11 is 0. The SMILES string of the molecule is CCOC(=O)C(CC1CC1)(C(=O)O)c1cccc(C)c1. The van der Waals surface area contributed by atoms with E-state index in [0.717, 1.165) is 18.4 Å². The van der Waals surface area contributed by atoms with Crippen molar-refractivity contribution in [1.82, 2.24) is 0 Å². The molecule has 1 fully saturated rings. The molecular weight excluding hydrogens is 256 g/mol. The van der Waals surface area contributed by atoms with Crippen LogP contribution >= 0.6 is 0 Å². The van der Waals surface area contributed by atoms with Crippen LogP contribution < -0.4 is 0 Å². The van der Waals surface area contributed by atoms with E-state index in [2.05, 4.69) is 0 Å². The number of hydrogen-bond donors (Lipinski definition) is 1. The first kappa shape index (κ1) is 14.6. The van der Waals surface area contributed by atoms with E-state index in [4.69, 9.17) is 4.74 Å². The number of rotatable bonds is 6. The van der Waals surface area contributed by atoms with E-state index in [-0.39, 0.29) is 6.61 Å². The molecule has 108 valence electrons. The minimum absolute atomic E-state index is 0.185. The minimum Gasteiger partial charge on any atom is -0.480 e. The van der Waals surface area contributed by atoms with Crippen LogP contribution in [0.4, 0.5) is 0 Å². The third-order valence-corrected chi connectivity index (χ3v) is 3.79. The van der Waals surface area contributed by atoms with Gasteiger partial charge in [-0.05, 0) is 31.7 Å². The van der Waals surface area contributed by atoms with Gasteiger partial charge in [-0.3, -0.25) is 9.59 Å². The summed E-state index contributed by atoms with van der Waals surface area (Å²) in [6.45, 7) is 3.76. The minimum atomic E-state index is -1.57. The van der Waals surface area contributed by atoms with Gasteiger partial charge in [-0.2, -0.15) is 0 Å². The number of ether oxygens (including phenoxy) is 1. The van der Waals surface area contributed by atoms with Crippen LogP contribution in [-0.4, -0.2) is 23.7 Å². The summed E-state index contributed by atoms with van der Waals surface area (Å²) in [5, 5.41) is 9.74. The molecule has 1 aromatic rings. The number of carboxylic acid groups (broad SMARTS) is 1. The van der Waals surface area contributed by atoms with Gasteiger partial charge in [0.05, 0.1) is 6.61 Å². The lowest BCUT2D eigenvalue weighted by molar-refractivity contribution is -0.162. The summed E-state index contributed by atoms with van der Waals surface area (Å²) in [6, 6.07) is 7.15. The number of carbonyl (C=O) groups is 2. The molecule has 0 saturated heterocycles. The summed E-state index contributed by atoms with van der Waals surface area (Å²) in [5.74, 6) is -1.46. The second-order valence-corrected chi connectivity index (χ2v) is 5.45. The van der Waals surface area contributed by atoms with Gasteiger partial charge in [0.15, 0.2) is 5.41 Å². The van der Waals surface area contributed by atoms with Crippen molar-refractivity contribution < 1.29 is 19.4 Å². The molecule has 1 atom stereocenters. The molecule has 0 bridgehead atoms. The molecule has 1 saturated carbocycles. The first-order chi connectivity index (χ1) is 9.50. The second-order valence-electron chi connectivity index (χ2n) is 5.45. The third kappa shape index (κ3) is 2.69. The van der Waals surface area contributed by atoms with Crippen molar-refractivity contribution in [3.8, 4) is 0 Å². The van der Waals surface area contributed by atoms with Crippen molar-refractivity contribution in [1.29, 1.82) is 0 Å².